The van der Waals surface area contributed by atoms with Crippen LogP contribution >= 0.6 is 12.4 Å². The second kappa shape index (κ2) is 6.50. The van der Waals surface area contributed by atoms with Crippen molar-refractivity contribution in [3.05, 3.63) is 11.7 Å². The summed E-state index contributed by atoms with van der Waals surface area (Å²) in [4.78, 5) is 6.82. The van der Waals surface area contributed by atoms with Crippen molar-refractivity contribution < 1.29 is 4.52 Å². The smallest absolute Gasteiger partial charge is 0.229 e. The standard InChI is InChI=1S/C12H22N4O.ClH/c1-8(2)9(3)12-14-11(15-17-12)10-7-13-5-6-16(10)4;/h8-10,13H,5-7H2,1-4H3;1H. The van der Waals surface area contributed by atoms with Gasteiger partial charge in [-0.05, 0) is 13.0 Å². The van der Waals surface area contributed by atoms with Crippen LogP contribution in [0.1, 0.15) is 44.4 Å². The number of hydrogen-bond acceptors (Lipinski definition) is 5. The zero-order valence-electron chi connectivity index (χ0n) is 11.5. The van der Waals surface area contributed by atoms with E-state index in [0.717, 1.165) is 31.3 Å². The Morgan fingerprint density at radius 3 is 2.72 bits per heavy atom. The minimum absolute atomic E-state index is 0. The summed E-state index contributed by atoms with van der Waals surface area (Å²) >= 11 is 0. The van der Waals surface area contributed by atoms with E-state index in [0.29, 0.717) is 11.8 Å². The maximum atomic E-state index is 5.37. The quantitative estimate of drug-likeness (QED) is 0.911. The zero-order valence-corrected chi connectivity index (χ0v) is 12.3. The lowest BCUT2D eigenvalue weighted by Crippen LogP contribution is -2.44. The Bertz CT molecular complexity index is 369. The van der Waals surface area contributed by atoms with Gasteiger partial charge < -0.3 is 9.84 Å². The number of hydrogen-bond donors (Lipinski definition) is 1. The van der Waals surface area contributed by atoms with Gasteiger partial charge in [-0.1, -0.05) is 25.9 Å². The third-order valence-electron chi connectivity index (χ3n) is 3.66. The van der Waals surface area contributed by atoms with Crippen LogP contribution in [0.25, 0.3) is 0 Å². The number of halogens is 1. The first-order valence-electron chi connectivity index (χ1n) is 6.34. The molecule has 0 radical (unpaired) electrons. The van der Waals surface area contributed by atoms with Crippen molar-refractivity contribution in [1.82, 2.24) is 20.4 Å². The van der Waals surface area contributed by atoms with Gasteiger partial charge in [0.05, 0.1) is 6.04 Å². The van der Waals surface area contributed by atoms with Crippen LogP contribution in [0.2, 0.25) is 0 Å². The highest BCUT2D eigenvalue weighted by Gasteiger charge is 2.26. The van der Waals surface area contributed by atoms with Gasteiger partial charge in [-0.3, -0.25) is 4.90 Å². The Hall–Kier alpha value is -0.650. The molecule has 0 spiro atoms. The van der Waals surface area contributed by atoms with E-state index in [9.17, 15) is 0 Å². The minimum atomic E-state index is 0. The maximum Gasteiger partial charge on any atom is 0.229 e. The fourth-order valence-electron chi connectivity index (χ4n) is 1.95. The Morgan fingerprint density at radius 1 is 1.39 bits per heavy atom. The molecule has 0 saturated carbocycles. The Labute approximate surface area is 115 Å². The largest absolute Gasteiger partial charge is 0.339 e. The van der Waals surface area contributed by atoms with Crippen molar-refractivity contribution in [2.45, 2.75) is 32.7 Å². The van der Waals surface area contributed by atoms with E-state index in [1.54, 1.807) is 0 Å². The van der Waals surface area contributed by atoms with Crippen LogP contribution in [0.5, 0.6) is 0 Å². The zero-order chi connectivity index (χ0) is 12.4. The summed E-state index contributed by atoms with van der Waals surface area (Å²) in [5.74, 6) is 2.40. The van der Waals surface area contributed by atoms with E-state index in [1.165, 1.54) is 0 Å². The Balaban J connectivity index is 0.00000162. The lowest BCUT2D eigenvalue weighted by atomic mass is 9.98. The summed E-state index contributed by atoms with van der Waals surface area (Å²) in [6, 6.07) is 0.237. The van der Waals surface area contributed by atoms with Crippen LogP contribution in [0.4, 0.5) is 0 Å². The molecule has 2 unspecified atom stereocenters. The summed E-state index contributed by atoms with van der Waals surface area (Å²) in [6.07, 6.45) is 0. The third kappa shape index (κ3) is 3.22. The van der Waals surface area contributed by atoms with Crippen molar-refractivity contribution in [3.8, 4) is 0 Å². The molecule has 1 saturated heterocycles. The van der Waals surface area contributed by atoms with Crippen LogP contribution in [0.15, 0.2) is 4.52 Å². The molecule has 0 bridgehead atoms. The predicted octanol–water partition coefficient (Wildman–Crippen LogP) is 1.83. The molecule has 1 fully saturated rings. The number of nitrogens with zero attached hydrogens (tertiary/aromatic N) is 3. The topological polar surface area (TPSA) is 54.2 Å². The highest BCUT2D eigenvalue weighted by molar-refractivity contribution is 5.85. The van der Waals surface area contributed by atoms with Crippen molar-refractivity contribution in [1.29, 1.82) is 0 Å². The van der Waals surface area contributed by atoms with Gasteiger partial charge in [0, 0.05) is 25.6 Å². The average Bonchev–Trinajstić information content (AvgIpc) is 2.77. The fourth-order valence-corrected chi connectivity index (χ4v) is 1.95. The van der Waals surface area contributed by atoms with Gasteiger partial charge in [0.1, 0.15) is 0 Å². The van der Waals surface area contributed by atoms with Crippen LogP contribution in [-0.4, -0.2) is 41.7 Å². The molecule has 1 aliphatic heterocycles. The number of aromatic nitrogens is 2. The van der Waals surface area contributed by atoms with E-state index in [-0.39, 0.29) is 18.4 Å². The fraction of sp³-hybridized carbons (Fsp3) is 0.833. The lowest BCUT2D eigenvalue weighted by Gasteiger charge is -2.30. The molecule has 0 aromatic carbocycles. The van der Waals surface area contributed by atoms with Crippen LogP contribution < -0.4 is 5.32 Å². The number of likely N-dealkylation sites (N-methyl/N-ethyl adjacent to an activating group) is 1. The van der Waals surface area contributed by atoms with Gasteiger partial charge in [0.25, 0.3) is 0 Å². The molecule has 1 N–H and O–H groups in total. The van der Waals surface area contributed by atoms with Crippen molar-refractivity contribution in [2.75, 3.05) is 26.7 Å². The van der Waals surface area contributed by atoms with Crippen molar-refractivity contribution in [2.24, 2.45) is 5.92 Å². The van der Waals surface area contributed by atoms with Crippen molar-refractivity contribution >= 4 is 12.4 Å². The van der Waals surface area contributed by atoms with Gasteiger partial charge in [-0.25, -0.2) is 0 Å². The Morgan fingerprint density at radius 2 is 2.11 bits per heavy atom. The second-order valence-electron chi connectivity index (χ2n) is 5.22. The van der Waals surface area contributed by atoms with Crippen LogP contribution in [-0.2, 0) is 0 Å². The minimum Gasteiger partial charge on any atom is -0.339 e. The molecule has 2 atom stereocenters. The molecular weight excluding hydrogens is 252 g/mol. The molecular formula is C12H23ClN4O. The molecule has 6 heteroatoms. The molecule has 0 aliphatic carbocycles. The summed E-state index contributed by atoms with van der Waals surface area (Å²) in [6.45, 7) is 9.41. The first kappa shape index (κ1) is 15.4. The number of nitrogens with one attached hydrogen (secondary N) is 1. The van der Waals surface area contributed by atoms with E-state index < -0.39 is 0 Å². The van der Waals surface area contributed by atoms with E-state index in [1.807, 2.05) is 0 Å². The summed E-state index contributed by atoms with van der Waals surface area (Å²) in [5.41, 5.74) is 0. The highest BCUT2D eigenvalue weighted by Crippen LogP contribution is 2.24. The molecule has 2 rings (SSSR count). The summed E-state index contributed by atoms with van der Waals surface area (Å²) in [7, 11) is 2.10. The van der Waals surface area contributed by atoms with E-state index in [4.69, 9.17) is 4.52 Å². The van der Waals surface area contributed by atoms with Gasteiger partial charge in [-0.2, -0.15) is 4.98 Å². The highest BCUT2D eigenvalue weighted by atomic mass is 35.5. The average molecular weight is 275 g/mol. The summed E-state index contributed by atoms with van der Waals surface area (Å²) < 4.78 is 5.37. The number of piperazine rings is 1. The SMILES string of the molecule is CC(C)C(C)c1nc(C2CNCCN2C)no1.Cl. The molecule has 2 heterocycles. The Kier molecular flexibility index (Phi) is 5.56. The lowest BCUT2D eigenvalue weighted by molar-refractivity contribution is 0.190. The second-order valence-corrected chi connectivity index (χ2v) is 5.22. The van der Waals surface area contributed by atoms with Crippen molar-refractivity contribution in [3.63, 3.8) is 0 Å². The molecule has 104 valence electrons. The first-order chi connectivity index (χ1) is 8.09. The van der Waals surface area contributed by atoms with Gasteiger partial charge in [-0.15, -0.1) is 12.4 Å². The summed E-state index contributed by atoms with van der Waals surface area (Å²) in [5, 5.41) is 7.49. The molecule has 5 nitrogen and oxygen atoms in total. The van der Waals surface area contributed by atoms with E-state index in [2.05, 4.69) is 48.2 Å². The van der Waals surface area contributed by atoms with Crippen LogP contribution in [0, 0.1) is 5.92 Å². The van der Waals surface area contributed by atoms with E-state index >= 15 is 0 Å². The van der Waals surface area contributed by atoms with Gasteiger partial charge in [0.2, 0.25) is 5.89 Å². The first-order valence-corrected chi connectivity index (χ1v) is 6.34. The predicted molar refractivity (Wildman–Crippen MR) is 73.0 cm³/mol. The van der Waals surface area contributed by atoms with Crippen LogP contribution in [0.3, 0.4) is 0 Å². The molecule has 1 aliphatic rings. The molecule has 1 aromatic heterocycles. The number of rotatable bonds is 3. The normalized spacial score (nSPS) is 22.8. The van der Waals surface area contributed by atoms with Gasteiger partial charge >= 0.3 is 0 Å². The third-order valence-corrected chi connectivity index (χ3v) is 3.66. The molecule has 0 amide bonds. The van der Waals surface area contributed by atoms with Gasteiger partial charge in [0.15, 0.2) is 5.82 Å². The monoisotopic (exact) mass is 274 g/mol. The molecule has 18 heavy (non-hydrogen) atoms. The molecule has 1 aromatic rings. The maximum absolute atomic E-state index is 5.37.